The highest BCUT2D eigenvalue weighted by atomic mass is 19.3. The molecule has 5 atom stereocenters. The number of ether oxygens (including phenoxy) is 1. The summed E-state index contributed by atoms with van der Waals surface area (Å²) in [5, 5.41) is 32.8. The molecule has 9 nitrogen and oxygen atoms in total. The Morgan fingerprint density at radius 1 is 1.28 bits per heavy atom. The topological polar surface area (TPSA) is 140 Å². The smallest absolute Gasteiger partial charge is 0.263 e. The highest BCUT2D eigenvalue weighted by Gasteiger charge is 2.56. The summed E-state index contributed by atoms with van der Waals surface area (Å²) in [5.74, 6) is 0.234. The molecule has 3 aromatic rings. The Morgan fingerprint density at radius 3 is 2.76 bits per heavy atom. The third-order valence-electron chi connectivity index (χ3n) is 5.19. The van der Waals surface area contributed by atoms with Crippen LogP contribution in [0, 0.1) is 0 Å². The Balaban J connectivity index is 1.69. The normalized spacial score (nSPS) is 28.3. The summed E-state index contributed by atoms with van der Waals surface area (Å²) in [4.78, 5) is 11.9. The lowest BCUT2D eigenvalue weighted by molar-refractivity contribution is -0.116. The molecule has 29 heavy (non-hydrogen) atoms. The van der Waals surface area contributed by atoms with Crippen LogP contribution in [0.4, 0.5) is 14.6 Å². The first-order valence-corrected chi connectivity index (χ1v) is 8.76. The molecule has 5 N–H and O–H groups in total. The fourth-order valence-corrected chi connectivity index (χ4v) is 3.55. The summed E-state index contributed by atoms with van der Waals surface area (Å²) in [6.45, 7) is 1.29. The minimum Gasteiger partial charge on any atom is -0.385 e. The molecule has 154 valence electrons. The van der Waals surface area contributed by atoms with Crippen molar-refractivity contribution in [3.05, 3.63) is 48.2 Å². The number of hydrogen-bond donors (Lipinski definition) is 4. The van der Waals surface area contributed by atoms with Gasteiger partial charge in [0.25, 0.3) is 6.43 Å². The number of aliphatic hydroxyl groups is 3. The number of nitrogens with zero attached hydrogens (tertiary/aromatic N) is 4. The van der Waals surface area contributed by atoms with Crippen LogP contribution in [-0.2, 0) is 4.74 Å². The zero-order valence-electron chi connectivity index (χ0n) is 15.2. The number of halogens is 2. The van der Waals surface area contributed by atoms with Crippen molar-refractivity contribution in [2.45, 2.75) is 43.5 Å². The second-order valence-electron chi connectivity index (χ2n) is 7.10. The molecular formula is C18H19F2N5O4. The number of hydrogen-bond acceptors (Lipinski definition) is 8. The molecule has 0 aromatic carbocycles. The van der Waals surface area contributed by atoms with Crippen molar-refractivity contribution in [2.24, 2.45) is 0 Å². The minimum absolute atomic E-state index is 0.107. The van der Waals surface area contributed by atoms with Crippen LogP contribution in [0.25, 0.3) is 11.0 Å². The molecule has 4 heterocycles. The Labute approximate surface area is 163 Å². The molecule has 0 radical (unpaired) electrons. The molecule has 1 saturated heterocycles. The van der Waals surface area contributed by atoms with Gasteiger partial charge in [-0.25, -0.2) is 18.7 Å². The number of nitrogens with two attached hydrogens (primary N) is 1. The van der Waals surface area contributed by atoms with E-state index in [1.165, 1.54) is 17.8 Å². The van der Waals surface area contributed by atoms with Gasteiger partial charge in [0.2, 0.25) is 0 Å². The quantitative estimate of drug-likeness (QED) is 0.504. The molecule has 0 saturated carbocycles. The SMILES string of the molecule is C[C@@]1(O)[C@@H](C(O)c2cc(C(F)F)ccn2)O[C@@H](n2ccc3c(N)ncnc32)[C@@H]1O. The van der Waals surface area contributed by atoms with Gasteiger partial charge < -0.3 is 30.4 Å². The fraction of sp³-hybridized carbons (Fsp3) is 0.389. The molecule has 11 heteroatoms. The van der Waals surface area contributed by atoms with Crippen molar-refractivity contribution in [1.82, 2.24) is 19.5 Å². The Bertz CT molecular complexity index is 1040. The van der Waals surface area contributed by atoms with Crippen LogP contribution in [-0.4, -0.2) is 52.6 Å². The number of fused-ring (bicyclic) bond motifs is 1. The minimum atomic E-state index is -2.75. The lowest BCUT2D eigenvalue weighted by atomic mass is 9.89. The van der Waals surface area contributed by atoms with E-state index >= 15 is 0 Å². The standard InChI is InChI=1S/C18H19F2N5O4/c1-18(28)12(27)17(25-5-3-9-15(21)23-7-24-16(9)25)29-13(18)11(26)10-6-8(14(19)20)2-4-22-10/h2-7,11-14,17,26-28H,1H3,(H2,21,23,24)/t11?,12-,13+,17+,18-/m0/s1. The van der Waals surface area contributed by atoms with Gasteiger partial charge in [0.05, 0.1) is 11.1 Å². The summed E-state index contributed by atoms with van der Waals surface area (Å²) < 4.78 is 33.2. The first-order chi connectivity index (χ1) is 13.7. The van der Waals surface area contributed by atoms with Gasteiger partial charge in [-0.15, -0.1) is 0 Å². The third-order valence-corrected chi connectivity index (χ3v) is 5.19. The average Bonchev–Trinajstić information content (AvgIpc) is 3.22. The molecule has 0 bridgehead atoms. The molecule has 0 aliphatic carbocycles. The van der Waals surface area contributed by atoms with Gasteiger partial charge in [0, 0.05) is 18.0 Å². The lowest BCUT2D eigenvalue weighted by Gasteiger charge is -2.29. The van der Waals surface area contributed by atoms with Crippen LogP contribution in [0.3, 0.4) is 0 Å². The van der Waals surface area contributed by atoms with E-state index < -0.39 is 36.6 Å². The largest absolute Gasteiger partial charge is 0.385 e. The Hall–Kier alpha value is -2.73. The molecule has 1 unspecified atom stereocenters. The zero-order chi connectivity index (χ0) is 20.9. The highest BCUT2D eigenvalue weighted by molar-refractivity contribution is 5.86. The van der Waals surface area contributed by atoms with E-state index in [2.05, 4.69) is 15.0 Å². The van der Waals surface area contributed by atoms with Gasteiger partial charge in [0.15, 0.2) is 6.23 Å². The van der Waals surface area contributed by atoms with Crippen LogP contribution in [0.15, 0.2) is 36.9 Å². The molecule has 1 fully saturated rings. The van der Waals surface area contributed by atoms with Crippen molar-refractivity contribution in [3.63, 3.8) is 0 Å². The van der Waals surface area contributed by atoms with Crippen molar-refractivity contribution in [1.29, 1.82) is 0 Å². The monoisotopic (exact) mass is 407 g/mol. The highest BCUT2D eigenvalue weighted by Crippen LogP contribution is 2.43. The number of nitrogen functional groups attached to an aromatic ring is 1. The number of rotatable bonds is 4. The van der Waals surface area contributed by atoms with Gasteiger partial charge >= 0.3 is 0 Å². The number of pyridine rings is 1. The van der Waals surface area contributed by atoms with Gasteiger partial charge in [0.1, 0.15) is 41.7 Å². The van der Waals surface area contributed by atoms with E-state index in [1.54, 1.807) is 12.3 Å². The first kappa shape index (κ1) is 19.6. The average molecular weight is 407 g/mol. The maximum Gasteiger partial charge on any atom is 0.263 e. The van der Waals surface area contributed by atoms with Crippen molar-refractivity contribution >= 4 is 16.9 Å². The first-order valence-electron chi connectivity index (χ1n) is 8.76. The van der Waals surface area contributed by atoms with Crippen LogP contribution in [0.1, 0.15) is 36.9 Å². The van der Waals surface area contributed by atoms with Crippen LogP contribution in [0.2, 0.25) is 0 Å². The molecular weight excluding hydrogens is 388 g/mol. The lowest BCUT2D eigenvalue weighted by Crippen LogP contribution is -2.47. The van der Waals surface area contributed by atoms with E-state index in [1.807, 2.05) is 0 Å². The van der Waals surface area contributed by atoms with Crippen molar-refractivity contribution < 1.29 is 28.8 Å². The summed E-state index contributed by atoms with van der Waals surface area (Å²) in [6, 6.07) is 3.79. The van der Waals surface area contributed by atoms with Gasteiger partial charge in [-0.3, -0.25) is 4.98 Å². The summed E-state index contributed by atoms with van der Waals surface area (Å²) in [5.41, 5.74) is 3.84. The number of anilines is 1. The van der Waals surface area contributed by atoms with E-state index in [4.69, 9.17) is 10.5 Å². The van der Waals surface area contributed by atoms with Gasteiger partial charge in [-0.05, 0) is 25.1 Å². The van der Waals surface area contributed by atoms with E-state index in [9.17, 15) is 24.1 Å². The number of aliphatic hydroxyl groups excluding tert-OH is 2. The predicted octanol–water partition coefficient (Wildman–Crippen LogP) is 1.09. The summed E-state index contributed by atoms with van der Waals surface area (Å²) in [7, 11) is 0. The number of alkyl halides is 2. The molecule has 4 rings (SSSR count). The second kappa shape index (κ2) is 6.95. The van der Waals surface area contributed by atoms with Crippen molar-refractivity contribution in [2.75, 3.05) is 5.73 Å². The van der Waals surface area contributed by atoms with Crippen LogP contribution >= 0.6 is 0 Å². The van der Waals surface area contributed by atoms with Gasteiger partial charge in [-0.2, -0.15) is 0 Å². The van der Waals surface area contributed by atoms with E-state index in [-0.39, 0.29) is 17.1 Å². The molecule has 1 aliphatic heterocycles. The molecule has 1 aliphatic rings. The summed E-state index contributed by atoms with van der Waals surface area (Å²) >= 11 is 0. The number of aromatic nitrogens is 4. The maximum absolute atomic E-state index is 13.0. The summed E-state index contributed by atoms with van der Waals surface area (Å²) in [6.07, 6.45) is -4.30. The fourth-order valence-electron chi connectivity index (χ4n) is 3.55. The van der Waals surface area contributed by atoms with E-state index in [0.717, 1.165) is 18.3 Å². The van der Waals surface area contributed by atoms with Crippen molar-refractivity contribution in [3.8, 4) is 0 Å². The molecule has 3 aromatic heterocycles. The van der Waals surface area contributed by atoms with Gasteiger partial charge in [-0.1, -0.05) is 0 Å². The zero-order valence-corrected chi connectivity index (χ0v) is 15.2. The third kappa shape index (κ3) is 3.12. The molecule has 0 spiro atoms. The molecule has 0 amide bonds. The van der Waals surface area contributed by atoms with Crippen LogP contribution in [0.5, 0.6) is 0 Å². The maximum atomic E-state index is 13.0. The van der Waals surface area contributed by atoms with Crippen LogP contribution < -0.4 is 5.73 Å². The predicted molar refractivity (Wildman–Crippen MR) is 96.6 cm³/mol. The Morgan fingerprint density at radius 2 is 2.03 bits per heavy atom. The second-order valence-corrected chi connectivity index (χ2v) is 7.10. The van der Waals surface area contributed by atoms with E-state index in [0.29, 0.717) is 11.0 Å². The Kier molecular flexibility index (Phi) is 4.69.